The first-order valence-corrected chi connectivity index (χ1v) is 8.41. The Balaban J connectivity index is 2.71. The molecule has 0 fully saturated rings. The lowest BCUT2D eigenvalue weighted by Gasteiger charge is -2.24. The van der Waals surface area contributed by atoms with Crippen LogP contribution in [-0.2, 0) is 10.0 Å². The summed E-state index contributed by atoms with van der Waals surface area (Å²) in [5, 5.41) is 0. The van der Waals surface area contributed by atoms with Crippen molar-refractivity contribution in [3.05, 3.63) is 29.8 Å². The Bertz CT molecular complexity index is 512. The van der Waals surface area contributed by atoms with Crippen LogP contribution in [0.3, 0.4) is 0 Å². The summed E-state index contributed by atoms with van der Waals surface area (Å²) in [7, 11) is -3.42. The van der Waals surface area contributed by atoms with Crippen LogP contribution in [0.2, 0.25) is 0 Å². The van der Waals surface area contributed by atoms with Crippen molar-refractivity contribution in [2.45, 2.75) is 38.5 Å². The van der Waals surface area contributed by atoms with Crippen LogP contribution in [0.4, 0.5) is 0 Å². The van der Waals surface area contributed by atoms with E-state index in [9.17, 15) is 8.42 Å². The summed E-state index contributed by atoms with van der Waals surface area (Å²) in [4.78, 5) is 0.320. The Morgan fingerprint density at radius 2 is 2.00 bits per heavy atom. The molecule has 0 aliphatic carbocycles. The number of rotatable bonds is 7. The molecule has 0 atom stereocenters. The van der Waals surface area contributed by atoms with Gasteiger partial charge in [-0.05, 0) is 42.9 Å². The molecule has 0 amide bonds. The molecule has 0 aromatic heterocycles. The molecule has 5 heteroatoms. The van der Waals surface area contributed by atoms with Gasteiger partial charge in [0.25, 0.3) is 0 Å². The maximum atomic E-state index is 12.2. The van der Waals surface area contributed by atoms with Crippen LogP contribution in [0, 0.1) is 12.3 Å². The van der Waals surface area contributed by atoms with E-state index in [0.717, 1.165) is 18.4 Å². The summed E-state index contributed by atoms with van der Waals surface area (Å²) in [5.74, 6) is 0.605. The van der Waals surface area contributed by atoms with E-state index < -0.39 is 10.0 Å². The van der Waals surface area contributed by atoms with E-state index >= 15 is 0 Å². The lowest BCUT2D eigenvalue weighted by atomic mass is 9.88. The average molecular weight is 304 g/mol. The van der Waals surface area contributed by atoms with Gasteiger partial charge in [0.1, 0.15) is 0 Å². The molecule has 0 radical (unpaired) electrons. The van der Waals surface area contributed by atoms with Crippen molar-refractivity contribution < 1.29 is 8.42 Å². The largest absolute Gasteiger partial charge is 0.240 e. The number of hydrogen-bond acceptors (Lipinski definition) is 2. The fourth-order valence-electron chi connectivity index (χ4n) is 1.79. The first-order valence-electron chi connectivity index (χ1n) is 6.39. The van der Waals surface area contributed by atoms with Crippen molar-refractivity contribution in [1.29, 1.82) is 0 Å². The first kappa shape index (κ1) is 16.5. The third kappa shape index (κ3) is 5.51. The first-order chi connectivity index (χ1) is 8.77. The smallest absolute Gasteiger partial charge is 0.211 e. The predicted molar refractivity (Wildman–Crippen MR) is 80.1 cm³/mol. The van der Waals surface area contributed by atoms with Gasteiger partial charge in [0.15, 0.2) is 0 Å². The highest BCUT2D eigenvalue weighted by Crippen LogP contribution is 2.22. The third-order valence-electron chi connectivity index (χ3n) is 3.03. The number of benzene rings is 1. The van der Waals surface area contributed by atoms with E-state index in [1.807, 2.05) is 26.8 Å². The summed E-state index contributed by atoms with van der Waals surface area (Å²) in [6.07, 6.45) is 1.79. The molecule has 0 spiro atoms. The minimum absolute atomic E-state index is 0.0915. The molecule has 0 aliphatic heterocycles. The van der Waals surface area contributed by atoms with Crippen molar-refractivity contribution in [2.24, 2.45) is 5.41 Å². The normalized spacial score (nSPS) is 12.6. The van der Waals surface area contributed by atoms with E-state index in [0.29, 0.717) is 17.3 Å². The lowest BCUT2D eigenvalue weighted by Crippen LogP contribution is -2.34. The van der Waals surface area contributed by atoms with E-state index in [-0.39, 0.29) is 5.41 Å². The minimum atomic E-state index is -3.42. The molecular formula is C14H22ClNO2S. The van der Waals surface area contributed by atoms with Gasteiger partial charge in [-0.25, -0.2) is 13.1 Å². The highest BCUT2D eigenvalue weighted by Gasteiger charge is 2.21. The van der Waals surface area contributed by atoms with Crippen LogP contribution in [0.5, 0.6) is 0 Å². The Hall–Kier alpha value is -0.580. The number of hydrogen-bond donors (Lipinski definition) is 1. The highest BCUT2D eigenvalue weighted by atomic mass is 35.5. The fraction of sp³-hybridized carbons (Fsp3) is 0.571. The molecule has 19 heavy (non-hydrogen) atoms. The maximum absolute atomic E-state index is 12.2. The van der Waals surface area contributed by atoms with Crippen molar-refractivity contribution >= 4 is 21.6 Å². The van der Waals surface area contributed by atoms with Gasteiger partial charge in [-0.3, -0.25) is 0 Å². The molecule has 0 heterocycles. The average Bonchev–Trinajstić information content (AvgIpc) is 2.34. The van der Waals surface area contributed by atoms with Gasteiger partial charge in [-0.2, -0.15) is 0 Å². The molecule has 1 aromatic rings. The van der Waals surface area contributed by atoms with E-state index in [1.165, 1.54) is 0 Å². The summed E-state index contributed by atoms with van der Waals surface area (Å²) < 4.78 is 27.0. The maximum Gasteiger partial charge on any atom is 0.240 e. The van der Waals surface area contributed by atoms with Gasteiger partial charge in [-0.15, -0.1) is 11.6 Å². The standard InChI is InChI=1S/C14H22ClNO2S/c1-12-6-4-7-13(10-12)19(17,18)16-11-14(2,3)8-5-9-15/h4,6-7,10,16H,5,8-9,11H2,1-3H3. The summed E-state index contributed by atoms with van der Waals surface area (Å²) in [5.41, 5.74) is 0.843. The predicted octanol–water partition coefficient (Wildman–Crippen LogP) is 3.32. The zero-order valence-electron chi connectivity index (χ0n) is 11.7. The molecule has 1 aromatic carbocycles. The van der Waals surface area contributed by atoms with Crippen LogP contribution in [0.25, 0.3) is 0 Å². The number of sulfonamides is 1. The van der Waals surface area contributed by atoms with Crippen LogP contribution >= 0.6 is 11.6 Å². The Morgan fingerprint density at radius 1 is 1.32 bits per heavy atom. The van der Waals surface area contributed by atoms with Gasteiger partial charge >= 0.3 is 0 Å². The Morgan fingerprint density at radius 3 is 2.58 bits per heavy atom. The summed E-state index contributed by atoms with van der Waals surface area (Å²) in [6.45, 7) is 6.38. The minimum Gasteiger partial charge on any atom is -0.211 e. The van der Waals surface area contributed by atoms with E-state index in [4.69, 9.17) is 11.6 Å². The number of alkyl halides is 1. The molecule has 1 N–H and O–H groups in total. The van der Waals surface area contributed by atoms with Crippen LogP contribution in [0.15, 0.2) is 29.2 Å². The second kappa shape index (κ2) is 6.73. The summed E-state index contributed by atoms with van der Waals surface area (Å²) >= 11 is 5.67. The van der Waals surface area contributed by atoms with E-state index in [2.05, 4.69) is 4.72 Å². The van der Waals surface area contributed by atoms with Gasteiger partial charge in [0.05, 0.1) is 4.90 Å². The number of halogens is 1. The zero-order chi connectivity index (χ0) is 14.5. The molecule has 0 aliphatic rings. The van der Waals surface area contributed by atoms with E-state index in [1.54, 1.807) is 18.2 Å². The molecular weight excluding hydrogens is 282 g/mol. The highest BCUT2D eigenvalue weighted by molar-refractivity contribution is 7.89. The molecule has 0 bridgehead atoms. The number of aryl methyl sites for hydroxylation is 1. The van der Waals surface area contributed by atoms with Crippen molar-refractivity contribution in [3.63, 3.8) is 0 Å². The lowest BCUT2D eigenvalue weighted by molar-refractivity contribution is 0.331. The van der Waals surface area contributed by atoms with Crippen LogP contribution < -0.4 is 4.72 Å². The van der Waals surface area contributed by atoms with Gasteiger partial charge in [0.2, 0.25) is 10.0 Å². The molecule has 0 unspecified atom stereocenters. The quantitative estimate of drug-likeness (QED) is 0.785. The molecule has 1 rings (SSSR count). The van der Waals surface area contributed by atoms with Gasteiger partial charge in [-0.1, -0.05) is 26.0 Å². The summed E-state index contributed by atoms with van der Waals surface area (Å²) in [6, 6.07) is 6.92. The molecule has 3 nitrogen and oxygen atoms in total. The van der Waals surface area contributed by atoms with Gasteiger partial charge in [0, 0.05) is 12.4 Å². The monoisotopic (exact) mass is 303 g/mol. The Kier molecular flexibility index (Phi) is 5.83. The van der Waals surface area contributed by atoms with Crippen molar-refractivity contribution in [2.75, 3.05) is 12.4 Å². The second-order valence-electron chi connectivity index (χ2n) is 5.60. The second-order valence-corrected chi connectivity index (χ2v) is 7.74. The fourth-order valence-corrected chi connectivity index (χ4v) is 3.27. The third-order valence-corrected chi connectivity index (χ3v) is 4.69. The zero-order valence-corrected chi connectivity index (χ0v) is 13.3. The van der Waals surface area contributed by atoms with Crippen molar-refractivity contribution in [1.82, 2.24) is 4.72 Å². The SMILES string of the molecule is Cc1cccc(S(=O)(=O)NCC(C)(C)CCCCl)c1. The molecule has 108 valence electrons. The van der Waals surface area contributed by atoms with Crippen molar-refractivity contribution in [3.8, 4) is 0 Å². The number of nitrogens with one attached hydrogen (secondary N) is 1. The molecule has 0 saturated heterocycles. The topological polar surface area (TPSA) is 46.2 Å². The van der Waals surface area contributed by atoms with Crippen LogP contribution in [-0.4, -0.2) is 20.8 Å². The molecule has 0 saturated carbocycles. The van der Waals surface area contributed by atoms with Crippen LogP contribution in [0.1, 0.15) is 32.3 Å². The Labute approximate surface area is 121 Å². The van der Waals surface area contributed by atoms with Gasteiger partial charge < -0.3 is 0 Å².